The van der Waals surface area contributed by atoms with Gasteiger partial charge in [0.15, 0.2) is 0 Å². The average Bonchev–Trinajstić information content (AvgIpc) is 2.41. The van der Waals surface area contributed by atoms with Gasteiger partial charge in [-0.2, -0.15) is 0 Å². The summed E-state index contributed by atoms with van der Waals surface area (Å²) in [5.41, 5.74) is 0. The van der Waals surface area contributed by atoms with Gasteiger partial charge in [-0.3, -0.25) is 0 Å². The third-order valence-corrected chi connectivity index (χ3v) is 20.8. The average molecular weight is 392 g/mol. The molecular formula is C14H15Cl2OSb. The van der Waals surface area contributed by atoms with Gasteiger partial charge >= 0.3 is 117 Å². The summed E-state index contributed by atoms with van der Waals surface area (Å²) in [5, 5.41) is 9.37. The van der Waals surface area contributed by atoms with Gasteiger partial charge in [0.2, 0.25) is 0 Å². The van der Waals surface area contributed by atoms with E-state index in [2.05, 4.69) is 0 Å². The van der Waals surface area contributed by atoms with Crippen molar-refractivity contribution in [3.63, 3.8) is 0 Å². The number of aliphatic hydroxyl groups is 1. The van der Waals surface area contributed by atoms with Crippen LogP contribution in [0.2, 0.25) is 4.37 Å². The normalized spacial score (nSPS) is 13.8. The van der Waals surface area contributed by atoms with Crippen molar-refractivity contribution in [1.82, 2.24) is 0 Å². The Labute approximate surface area is 116 Å². The first kappa shape index (κ1) is 14.2. The van der Waals surface area contributed by atoms with Crippen molar-refractivity contribution in [3.8, 4) is 0 Å². The molecule has 1 nitrogen and oxygen atoms in total. The number of halogens is 2. The second-order valence-electron chi connectivity index (χ2n) is 4.19. The van der Waals surface area contributed by atoms with E-state index in [1.165, 1.54) is 0 Å². The summed E-state index contributed by atoms with van der Waals surface area (Å²) in [4.78, 5) is 0. The molecule has 0 radical (unpaired) electrons. The summed E-state index contributed by atoms with van der Waals surface area (Å²) in [6.45, 7) is -0.00152. The number of aliphatic hydroxyl groups excluding tert-OH is 1. The molecule has 0 saturated heterocycles. The van der Waals surface area contributed by atoms with Crippen LogP contribution >= 0.6 is 17.7 Å². The molecule has 0 fully saturated rings. The molecule has 96 valence electrons. The molecule has 0 atom stereocenters. The molecule has 2 aromatic rings. The van der Waals surface area contributed by atoms with Crippen molar-refractivity contribution in [2.45, 2.75) is 4.37 Å². The van der Waals surface area contributed by atoms with Gasteiger partial charge in [-0.15, -0.1) is 0 Å². The van der Waals surface area contributed by atoms with Crippen LogP contribution in [-0.2, 0) is 0 Å². The van der Waals surface area contributed by atoms with Gasteiger partial charge in [0.1, 0.15) is 0 Å². The molecular weight excluding hydrogens is 377 g/mol. The van der Waals surface area contributed by atoms with Gasteiger partial charge in [0.05, 0.1) is 0 Å². The van der Waals surface area contributed by atoms with E-state index in [1.54, 1.807) is 0 Å². The van der Waals surface area contributed by atoms with Crippen LogP contribution in [0.4, 0.5) is 0 Å². The van der Waals surface area contributed by atoms with Gasteiger partial charge in [0.25, 0.3) is 0 Å². The van der Waals surface area contributed by atoms with Crippen molar-refractivity contribution in [1.29, 1.82) is 0 Å². The predicted molar refractivity (Wildman–Crippen MR) is 81.5 cm³/mol. The van der Waals surface area contributed by atoms with E-state index in [0.717, 1.165) is 7.02 Å². The SMILES string of the molecule is OC[CH2][Sb]([Cl])([Cl])([c]1ccccc1)[c]1ccccc1. The van der Waals surface area contributed by atoms with Crippen LogP contribution in [0, 0.1) is 0 Å². The van der Waals surface area contributed by atoms with Crippen LogP contribution in [0.5, 0.6) is 0 Å². The number of hydrogen-bond donors (Lipinski definition) is 1. The Morgan fingerprint density at radius 3 is 1.50 bits per heavy atom. The summed E-state index contributed by atoms with van der Waals surface area (Å²) >= 11 is -4.20. The fourth-order valence-corrected chi connectivity index (χ4v) is 13.7. The first-order valence-electron chi connectivity index (χ1n) is 5.74. The van der Waals surface area contributed by atoms with Crippen LogP contribution in [-0.4, -0.2) is 26.8 Å². The van der Waals surface area contributed by atoms with Gasteiger partial charge in [-0.1, -0.05) is 0 Å². The molecule has 0 aromatic heterocycles. The number of benzene rings is 2. The first-order valence-corrected chi connectivity index (χ1v) is 16.6. The second kappa shape index (κ2) is 5.43. The van der Waals surface area contributed by atoms with E-state index in [9.17, 15) is 5.11 Å². The quantitative estimate of drug-likeness (QED) is 0.794. The summed E-state index contributed by atoms with van der Waals surface area (Å²) in [7, 11) is 13.9. The number of rotatable bonds is 4. The standard InChI is InChI=1S/2C6H5.C2H5O.2ClH.Sb/c2*1-2-4-6-5-3-1;1-2-3;;;/h2*1-5H;3H,1-2H2;2*1H;/q;;;;;+2/p-2. The van der Waals surface area contributed by atoms with Crippen LogP contribution < -0.4 is 7.02 Å². The van der Waals surface area contributed by atoms with Gasteiger partial charge < -0.3 is 0 Å². The fourth-order valence-electron chi connectivity index (χ4n) is 2.02. The molecule has 0 saturated carbocycles. The van der Waals surface area contributed by atoms with Crippen molar-refractivity contribution >= 4 is 39.8 Å². The molecule has 1 N–H and O–H groups in total. The third kappa shape index (κ3) is 2.55. The minimum absolute atomic E-state index is 0.00152. The van der Waals surface area contributed by atoms with Crippen LogP contribution in [0.3, 0.4) is 0 Å². The molecule has 0 unspecified atom stereocenters. The zero-order valence-electron chi connectivity index (χ0n) is 9.84. The van der Waals surface area contributed by atoms with Gasteiger partial charge in [-0.05, 0) is 0 Å². The fraction of sp³-hybridized carbons (Fsp3) is 0.143. The van der Waals surface area contributed by atoms with E-state index in [1.807, 2.05) is 60.7 Å². The Bertz CT molecular complexity index is 470. The zero-order valence-corrected chi connectivity index (χ0v) is 13.9. The Morgan fingerprint density at radius 1 is 0.778 bits per heavy atom. The molecule has 0 spiro atoms. The molecule has 0 aliphatic rings. The number of hydrogen-bond acceptors (Lipinski definition) is 1. The van der Waals surface area contributed by atoms with Crippen molar-refractivity contribution < 1.29 is 5.11 Å². The molecule has 2 rings (SSSR count). The molecule has 0 bridgehead atoms. The van der Waals surface area contributed by atoms with Crippen LogP contribution in [0.15, 0.2) is 60.7 Å². The first-order chi connectivity index (χ1) is 8.57. The molecule has 0 aliphatic heterocycles. The maximum absolute atomic E-state index is 9.37. The summed E-state index contributed by atoms with van der Waals surface area (Å²) in [6, 6.07) is 19.5. The van der Waals surface area contributed by atoms with Gasteiger partial charge in [0, 0.05) is 0 Å². The summed E-state index contributed by atoms with van der Waals surface area (Å²) < 4.78 is 2.37. The van der Waals surface area contributed by atoms with E-state index < -0.39 is 15.1 Å². The molecule has 18 heavy (non-hydrogen) atoms. The molecule has 0 amide bonds. The topological polar surface area (TPSA) is 20.2 Å². The van der Waals surface area contributed by atoms with Crippen LogP contribution in [0.1, 0.15) is 0 Å². The molecule has 4 heteroatoms. The van der Waals surface area contributed by atoms with Crippen molar-refractivity contribution in [2.24, 2.45) is 0 Å². The molecule has 2 aromatic carbocycles. The summed E-state index contributed by atoms with van der Waals surface area (Å²) in [5.74, 6) is 0. The van der Waals surface area contributed by atoms with Crippen molar-refractivity contribution in [3.05, 3.63) is 60.7 Å². The monoisotopic (exact) mass is 390 g/mol. The van der Waals surface area contributed by atoms with E-state index >= 15 is 0 Å². The van der Waals surface area contributed by atoms with E-state index in [4.69, 9.17) is 17.7 Å². The van der Waals surface area contributed by atoms with Crippen molar-refractivity contribution in [2.75, 3.05) is 6.61 Å². The maximum atomic E-state index is 9.37. The third-order valence-electron chi connectivity index (χ3n) is 3.02. The summed E-state index contributed by atoms with van der Waals surface area (Å²) in [6.07, 6.45) is 0. The van der Waals surface area contributed by atoms with Crippen LogP contribution in [0.25, 0.3) is 0 Å². The Balaban J connectivity index is 2.63. The van der Waals surface area contributed by atoms with E-state index in [0.29, 0.717) is 4.37 Å². The Kier molecular flexibility index (Phi) is 4.28. The minimum atomic E-state index is -4.20. The predicted octanol–water partition coefficient (Wildman–Crippen LogP) is 2.67. The Morgan fingerprint density at radius 2 is 1.17 bits per heavy atom. The zero-order chi connectivity index (χ0) is 13.1. The second-order valence-corrected chi connectivity index (χ2v) is 25.7. The Hall–Kier alpha value is -0.202. The van der Waals surface area contributed by atoms with Gasteiger partial charge in [-0.25, -0.2) is 0 Å². The molecule has 0 heterocycles. The molecule has 0 aliphatic carbocycles. The van der Waals surface area contributed by atoms with E-state index in [-0.39, 0.29) is 6.61 Å².